The summed E-state index contributed by atoms with van der Waals surface area (Å²) in [5.74, 6) is 0.895. The smallest absolute Gasteiger partial charge is 0.0468 e. The largest absolute Gasteiger partial charge is 0.381 e. The maximum atomic E-state index is 5.55. The van der Waals surface area contributed by atoms with Gasteiger partial charge in [0.2, 0.25) is 0 Å². The summed E-state index contributed by atoms with van der Waals surface area (Å²) in [6.07, 6.45) is 7.71. The average Bonchev–Trinajstić information content (AvgIpc) is 2.16. The summed E-state index contributed by atoms with van der Waals surface area (Å²) in [6.45, 7) is 8.68. The van der Waals surface area contributed by atoms with Crippen LogP contribution in [0.3, 0.4) is 0 Å². The zero-order valence-corrected chi connectivity index (χ0v) is 9.64. The predicted octanol–water partition coefficient (Wildman–Crippen LogP) is 4.02. The second-order valence-electron chi connectivity index (χ2n) is 3.82. The molecule has 1 unspecified atom stereocenters. The van der Waals surface area contributed by atoms with Gasteiger partial charge in [-0.05, 0) is 18.8 Å². The van der Waals surface area contributed by atoms with Gasteiger partial charge in [0.25, 0.3) is 0 Å². The average molecular weight is 186 g/mol. The summed E-state index contributed by atoms with van der Waals surface area (Å²) in [6, 6.07) is 0. The SMILES string of the molecule is CCCCOCCC(CC)CCC. The van der Waals surface area contributed by atoms with Crippen LogP contribution in [-0.4, -0.2) is 13.2 Å². The van der Waals surface area contributed by atoms with Crippen molar-refractivity contribution in [2.45, 2.75) is 59.3 Å². The van der Waals surface area contributed by atoms with Gasteiger partial charge in [-0.1, -0.05) is 46.5 Å². The molecule has 1 atom stereocenters. The zero-order valence-electron chi connectivity index (χ0n) is 9.64. The van der Waals surface area contributed by atoms with Gasteiger partial charge in [-0.15, -0.1) is 0 Å². The van der Waals surface area contributed by atoms with Crippen LogP contribution in [0.5, 0.6) is 0 Å². The molecular weight excluding hydrogens is 160 g/mol. The van der Waals surface area contributed by atoms with Crippen LogP contribution >= 0.6 is 0 Å². The van der Waals surface area contributed by atoms with Crippen molar-refractivity contribution in [1.82, 2.24) is 0 Å². The lowest BCUT2D eigenvalue weighted by atomic mass is 9.98. The van der Waals surface area contributed by atoms with E-state index in [4.69, 9.17) is 4.74 Å². The summed E-state index contributed by atoms with van der Waals surface area (Å²) >= 11 is 0. The summed E-state index contributed by atoms with van der Waals surface area (Å²) in [5, 5.41) is 0. The molecule has 0 bridgehead atoms. The number of rotatable bonds is 9. The second kappa shape index (κ2) is 10.0. The van der Waals surface area contributed by atoms with E-state index in [2.05, 4.69) is 20.8 Å². The van der Waals surface area contributed by atoms with Crippen LogP contribution in [0.25, 0.3) is 0 Å². The third-order valence-corrected chi connectivity index (χ3v) is 2.59. The topological polar surface area (TPSA) is 9.23 Å². The van der Waals surface area contributed by atoms with E-state index in [1.807, 2.05) is 0 Å². The highest BCUT2D eigenvalue weighted by molar-refractivity contribution is 4.55. The molecule has 0 N–H and O–H groups in total. The minimum absolute atomic E-state index is 0.895. The third-order valence-electron chi connectivity index (χ3n) is 2.59. The predicted molar refractivity (Wildman–Crippen MR) is 59.0 cm³/mol. The Balaban J connectivity index is 3.17. The molecule has 0 aliphatic carbocycles. The molecule has 0 aliphatic rings. The van der Waals surface area contributed by atoms with Gasteiger partial charge in [-0.25, -0.2) is 0 Å². The lowest BCUT2D eigenvalue weighted by molar-refractivity contribution is 0.115. The van der Waals surface area contributed by atoms with Crippen LogP contribution < -0.4 is 0 Å². The quantitative estimate of drug-likeness (QED) is 0.494. The van der Waals surface area contributed by atoms with Crippen molar-refractivity contribution in [1.29, 1.82) is 0 Å². The fourth-order valence-corrected chi connectivity index (χ4v) is 1.56. The van der Waals surface area contributed by atoms with Crippen molar-refractivity contribution >= 4 is 0 Å². The summed E-state index contributed by atoms with van der Waals surface area (Å²) in [4.78, 5) is 0. The molecule has 0 aromatic rings. The number of ether oxygens (including phenoxy) is 1. The monoisotopic (exact) mass is 186 g/mol. The summed E-state index contributed by atoms with van der Waals surface area (Å²) in [7, 11) is 0. The Kier molecular flexibility index (Phi) is 10.0. The van der Waals surface area contributed by atoms with E-state index in [0.29, 0.717) is 0 Å². The molecular formula is C12H26O. The zero-order chi connectivity index (χ0) is 9.94. The molecule has 0 heterocycles. The minimum atomic E-state index is 0.895. The van der Waals surface area contributed by atoms with Crippen molar-refractivity contribution in [2.75, 3.05) is 13.2 Å². The molecule has 1 nitrogen and oxygen atoms in total. The molecule has 0 radical (unpaired) electrons. The van der Waals surface area contributed by atoms with Crippen LogP contribution in [-0.2, 0) is 4.74 Å². The van der Waals surface area contributed by atoms with Crippen LogP contribution in [0.15, 0.2) is 0 Å². The van der Waals surface area contributed by atoms with E-state index in [9.17, 15) is 0 Å². The second-order valence-corrected chi connectivity index (χ2v) is 3.82. The summed E-state index contributed by atoms with van der Waals surface area (Å²) in [5.41, 5.74) is 0. The molecule has 0 saturated heterocycles. The van der Waals surface area contributed by atoms with Crippen molar-refractivity contribution in [3.8, 4) is 0 Å². The first-order valence-electron chi connectivity index (χ1n) is 5.92. The lowest BCUT2D eigenvalue weighted by Gasteiger charge is -2.13. The van der Waals surface area contributed by atoms with Crippen molar-refractivity contribution < 1.29 is 4.74 Å². The molecule has 1 heteroatoms. The Hall–Kier alpha value is -0.0400. The first-order valence-corrected chi connectivity index (χ1v) is 5.92. The first-order chi connectivity index (χ1) is 6.35. The fraction of sp³-hybridized carbons (Fsp3) is 1.00. The van der Waals surface area contributed by atoms with E-state index >= 15 is 0 Å². The van der Waals surface area contributed by atoms with Crippen LogP contribution in [0.4, 0.5) is 0 Å². The van der Waals surface area contributed by atoms with Crippen LogP contribution in [0, 0.1) is 5.92 Å². The summed E-state index contributed by atoms with van der Waals surface area (Å²) < 4.78 is 5.55. The van der Waals surface area contributed by atoms with Gasteiger partial charge >= 0.3 is 0 Å². The molecule has 0 saturated carbocycles. The third kappa shape index (κ3) is 8.29. The molecule has 0 amide bonds. The van der Waals surface area contributed by atoms with Crippen LogP contribution in [0.1, 0.15) is 59.3 Å². The van der Waals surface area contributed by atoms with Crippen LogP contribution in [0.2, 0.25) is 0 Å². The van der Waals surface area contributed by atoms with E-state index in [0.717, 1.165) is 19.1 Å². The van der Waals surface area contributed by atoms with E-state index < -0.39 is 0 Å². The van der Waals surface area contributed by atoms with Crippen molar-refractivity contribution in [3.05, 3.63) is 0 Å². The van der Waals surface area contributed by atoms with Crippen molar-refractivity contribution in [2.24, 2.45) is 5.92 Å². The van der Waals surface area contributed by atoms with E-state index in [1.165, 1.54) is 38.5 Å². The highest BCUT2D eigenvalue weighted by atomic mass is 16.5. The molecule has 0 aromatic heterocycles. The number of unbranched alkanes of at least 4 members (excludes halogenated alkanes) is 1. The Morgan fingerprint density at radius 2 is 1.69 bits per heavy atom. The molecule has 0 fully saturated rings. The maximum Gasteiger partial charge on any atom is 0.0468 e. The molecule has 80 valence electrons. The highest BCUT2D eigenvalue weighted by Gasteiger charge is 2.03. The van der Waals surface area contributed by atoms with Crippen molar-refractivity contribution in [3.63, 3.8) is 0 Å². The minimum Gasteiger partial charge on any atom is -0.381 e. The number of hydrogen-bond donors (Lipinski definition) is 0. The van der Waals surface area contributed by atoms with Gasteiger partial charge in [-0.2, -0.15) is 0 Å². The molecule has 0 aromatic carbocycles. The Morgan fingerprint density at radius 1 is 0.923 bits per heavy atom. The van der Waals surface area contributed by atoms with E-state index in [1.54, 1.807) is 0 Å². The normalized spacial score (nSPS) is 13.2. The standard InChI is InChI=1S/C12H26O/c1-4-7-10-13-11-9-12(6-3)8-5-2/h12H,4-11H2,1-3H3. The Morgan fingerprint density at radius 3 is 2.23 bits per heavy atom. The Labute approximate surface area is 83.9 Å². The van der Waals surface area contributed by atoms with Gasteiger partial charge in [0.15, 0.2) is 0 Å². The van der Waals surface area contributed by atoms with Gasteiger partial charge in [0.1, 0.15) is 0 Å². The van der Waals surface area contributed by atoms with Gasteiger partial charge in [0.05, 0.1) is 0 Å². The van der Waals surface area contributed by atoms with E-state index in [-0.39, 0.29) is 0 Å². The first kappa shape index (κ1) is 13.0. The van der Waals surface area contributed by atoms with Gasteiger partial charge in [0, 0.05) is 13.2 Å². The molecule has 0 spiro atoms. The highest BCUT2D eigenvalue weighted by Crippen LogP contribution is 2.14. The Bertz CT molecular complexity index is 91.1. The van der Waals surface area contributed by atoms with Gasteiger partial charge < -0.3 is 4.74 Å². The molecule has 13 heavy (non-hydrogen) atoms. The lowest BCUT2D eigenvalue weighted by Crippen LogP contribution is -2.05. The number of hydrogen-bond acceptors (Lipinski definition) is 1. The molecule has 0 rings (SSSR count). The maximum absolute atomic E-state index is 5.55. The molecule has 0 aliphatic heterocycles. The fourth-order valence-electron chi connectivity index (χ4n) is 1.56. The van der Waals surface area contributed by atoms with Gasteiger partial charge in [-0.3, -0.25) is 0 Å².